The highest BCUT2D eigenvalue weighted by Crippen LogP contribution is 2.21. The second-order valence-corrected chi connectivity index (χ2v) is 6.55. The summed E-state index contributed by atoms with van der Waals surface area (Å²) in [6, 6.07) is 14.2. The number of nitro benzene ring substituents is 1. The molecule has 6 nitrogen and oxygen atoms in total. The Kier molecular flexibility index (Phi) is 4.35. The van der Waals surface area contributed by atoms with E-state index in [0.29, 0.717) is 0 Å². The van der Waals surface area contributed by atoms with Crippen LogP contribution in [0.4, 0.5) is 5.69 Å². The molecule has 7 heteroatoms. The third kappa shape index (κ3) is 3.45. The average molecular weight is 306 g/mol. The zero-order valence-corrected chi connectivity index (χ0v) is 12.2. The lowest BCUT2D eigenvalue weighted by molar-refractivity contribution is -0.385. The number of sulfonamides is 1. The van der Waals surface area contributed by atoms with E-state index in [-0.39, 0.29) is 17.1 Å². The lowest BCUT2D eigenvalue weighted by Gasteiger charge is -2.17. The maximum absolute atomic E-state index is 12.4. The van der Waals surface area contributed by atoms with Gasteiger partial charge in [0.15, 0.2) is 0 Å². The van der Waals surface area contributed by atoms with Gasteiger partial charge in [0.2, 0.25) is 10.0 Å². The van der Waals surface area contributed by atoms with Crippen molar-refractivity contribution >= 4 is 15.7 Å². The summed E-state index contributed by atoms with van der Waals surface area (Å²) in [4.78, 5) is 10.0. The smallest absolute Gasteiger partial charge is 0.258 e. The molecular formula is C14H14N2O4S. The Morgan fingerprint density at radius 3 is 2.38 bits per heavy atom. The van der Waals surface area contributed by atoms with Gasteiger partial charge in [-0.15, -0.1) is 0 Å². The molecular weight excluding hydrogens is 292 g/mol. The highest BCUT2D eigenvalue weighted by Gasteiger charge is 2.22. The Bertz CT molecular complexity index is 745. The summed E-state index contributed by atoms with van der Waals surface area (Å²) >= 11 is 0. The number of non-ortho nitro benzene ring substituents is 1. The molecule has 0 amide bonds. The molecule has 0 aromatic heterocycles. The van der Waals surface area contributed by atoms with Crippen LogP contribution >= 0.6 is 0 Å². The first kappa shape index (κ1) is 15.1. The van der Waals surface area contributed by atoms with E-state index in [1.54, 1.807) is 0 Å². The number of rotatable bonds is 5. The van der Waals surface area contributed by atoms with Gasteiger partial charge >= 0.3 is 0 Å². The third-order valence-electron chi connectivity index (χ3n) is 2.98. The van der Waals surface area contributed by atoms with Crippen LogP contribution in [0.1, 0.15) is 5.56 Å². The lowest BCUT2D eigenvalue weighted by Crippen LogP contribution is -2.26. The Hall–Kier alpha value is -2.25. The molecule has 0 atom stereocenters. The molecule has 0 fully saturated rings. The quantitative estimate of drug-likeness (QED) is 0.627. The van der Waals surface area contributed by atoms with Crippen molar-refractivity contribution in [2.45, 2.75) is 11.4 Å². The molecule has 0 unspecified atom stereocenters. The van der Waals surface area contributed by atoms with Gasteiger partial charge in [-0.2, -0.15) is 4.31 Å². The van der Waals surface area contributed by atoms with Crippen LogP contribution in [0.3, 0.4) is 0 Å². The van der Waals surface area contributed by atoms with E-state index in [1.165, 1.54) is 29.6 Å². The Morgan fingerprint density at radius 1 is 1.10 bits per heavy atom. The van der Waals surface area contributed by atoms with Crippen LogP contribution in [0.5, 0.6) is 0 Å². The van der Waals surface area contributed by atoms with Crippen molar-refractivity contribution in [1.82, 2.24) is 4.31 Å². The standard InChI is InChI=1S/C14H14N2O4S/c1-15(11-12-6-3-2-4-7-12)21(19,20)14-9-5-8-13(10-14)16(17)18/h2-10H,11H2,1H3. The van der Waals surface area contributed by atoms with E-state index >= 15 is 0 Å². The molecule has 0 spiro atoms. The normalized spacial score (nSPS) is 11.5. The molecule has 0 N–H and O–H groups in total. The first-order valence-electron chi connectivity index (χ1n) is 6.16. The summed E-state index contributed by atoms with van der Waals surface area (Å²) in [5, 5.41) is 10.7. The van der Waals surface area contributed by atoms with Crippen molar-refractivity contribution < 1.29 is 13.3 Å². The minimum absolute atomic E-state index is 0.0878. The topological polar surface area (TPSA) is 80.5 Å². The molecule has 0 aliphatic heterocycles. The number of hydrogen-bond acceptors (Lipinski definition) is 4. The summed E-state index contributed by atoms with van der Waals surface area (Å²) in [5.41, 5.74) is 0.596. The zero-order chi connectivity index (χ0) is 15.5. The van der Waals surface area contributed by atoms with Crippen LogP contribution in [-0.4, -0.2) is 24.7 Å². The van der Waals surface area contributed by atoms with Crippen molar-refractivity contribution in [1.29, 1.82) is 0 Å². The molecule has 2 aromatic carbocycles. The molecule has 0 heterocycles. The van der Waals surface area contributed by atoms with E-state index in [4.69, 9.17) is 0 Å². The van der Waals surface area contributed by atoms with Crippen molar-refractivity contribution in [3.63, 3.8) is 0 Å². The number of benzene rings is 2. The molecule has 0 bridgehead atoms. The predicted molar refractivity (Wildman–Crippen MR) is 78.2 cm³/mol. The summed E-state index contributed by atoms with van der Waals surface area (Å²) in [5.74, 6) is 0. The van der Waals surface area contributed by atoms with Gasteiger partial charge in [0.1, 0.15) is 0 Å². The van der Waals surface area contributed by atoms with Gasteiger partial charge in [-0.3, -0.25) is 10.1 Å². The van der Waals surface area contributed by atoms with E-state index in [9.17, 15) is 18.5 Å². The molecule has 0 saturated carbocycles. The molecule has 21 heavy (non-hydrogen) atoms. The average Bonchev–Trinajstić information content (AvgIpc) is 2.48. The second-order valence-electron chi connectivity index (χ2n) is 4.50. The third-order valence-corrected chi connectivity index (χ3v) is 4.78. The van der Waals surface area contributed by atoms with Crippen molar-refractivity contribution in [3.8, 4) is 0 Å². The molecule has 0 saturated heterocycles. The minimum atomic E-state index is -3.76. The summed E-state index contributed by atoms with van der Waals surface area (Å²) in [7, 11) is -2.32. The van der Waals surface area contributed by atoms with Gasteiger partial charge in [0, 0.05) is 25.7 Å². The maximum Gasteiger partial charge on any atom is 0.270 e. The summed E-state index contributed by atoms with van der Waals surface area (Å²) in [6.45, 7) is 0.200. The fourth-order valence-electron chi connectivity index (χ4n) is 1.86. The zero-order valence-electron chi connectivity index (χ0n) is 11.3. The van der Waals surface area contributed by atoms with Crippen molar-refractivity contribution in [3.05, 3.63) is 70.3 Å². The van der Waals surface area contributed by atoms with Crippen LogP contribution < -0.4 is 0 Å². The van der Waals surface area contributed by atoms with Gasteiger partial charge in [-0.05, 0) is 11.6 Å². The summed E-state index contributed by atoms with van der Waals surface area (Å²) in [6.07, 6.45) is 0. The molecule has 0 aliphatic carbocycles. The van der Waals surface area contributed by atoms with Crippen LogP contribution in [0.15, 0.2) is 59.5 Å². The first-order chi connectivity index (χ1) is 9.91. The Labute approximate surface area is 122 Å². The van der Waals surface area contributed by atoms with Crippen molar-refractivity contribution in [2.75, 3.05) is 7.05 Å². The van der Waals surface area contributed by atoms with E-state index < -0.39 is 14.9 Å². The second kappa shape index (κ2) is 6.02. The first-order valence-corrected chi connectivity index (χ1v) is 7.60. The Morgan fingerprint density at radius 2 is 1.76 bits per heavy atom. The fraction of sp³-hybridized carbons (Fsp3) is 0.143. The fourth-order valence-corrected chi connectivity index (χ4v) is 3.06. The molecule has 2 rings (SSSR count). The predicted octanol–water partition coefficient (Wildman–Crippen LogP) is 2.42. The van der Waals surface area contributed by atoms with Crippen LogP contribution in [0.2, 0.25) is 0 Å². The number of nitro groups is 1. The maximum atomic E-state index is 12.4. The van der Waals surface area contributed by atoms with Gasteiger partial charge in [-0.25, -0.2) is 8.42 Å². The molecule has 110 valence electrons. The summed E-state index contributed by atoms with van der Waals surface area (Å²) < 4.78 is 26.0. The highest BCUT2D eigenvalue weighted by molar-refractivity contribution is 7.89. The van der Waals surface area contributed by atoms with E-state index in [2.05, 4.69) is 0 Å². The SMILES string of the molecule is CN(Cc1ccccc1)S(=O)(=O)c1cccc([N+](=O)[O-])c1. The highest BCUT2D eigenvalue weighted by atomic mass is 32.2. The number of nitrogens with zero attached hydrogens (tertiary/aromatic N) is 2. The minimum Gasteiger partial charge on any atom is -0.258 e. The van der Waals surface area contributed by atoms with Gasteiger partial charge in [0.05, 0.1) is 9.82 Å². The monoisotopic (exact) mass is 306 g/mol. The van der Waals surface area contributed by atoms with Crippen LogP contribution in [-0.2, 0) is 16.6 Å². The molecule has 0 radical (unpaired) electrons. The number of hydrogen-bond donors (Lipinski definition) is 0. The lowest BCUT2D eigenvalue weighted by atomic mass is 10.2. The molecule has 0 aliphatic rings. The van der Waals surface area contributed by atoms with Crippen LogP contribution in [0, 0.1) is 10.1 Å². The van der Waals surface area contributed by atoms with E-state index in [0.717, 1.165) is 11.6 Å². The van der Waals surface area contributed by atoms with Crippen molar-refractivity contribution in [2.24, 2.45) is 0 Å². The van der Waals surface area contributed by atoms with Gasteiger partial charge < -0.3 is 0 Å². The largest absolute Gasteiger partial charge is 0.270 e. The van der Waals surface area contributed by atoms with E-state index in [1.807, 2.05) is 30.3 Å². The van der Waals surface area contributed by atoms with Gasteiger partial charge in [-0.1, -0.05) is 36.4 Å². The van der Waals surface area contributed by atoms with Crippen LogP contribution in [0.25, 0.3) is 0 Å². The Balaban J connectivity index is 2.29. The molecule has 2 aromatic rings. The van der Waals surface area contributed by atoms with Gasteiger partial charge in [0.25, 0.3) is 5.69 Å².